The van der Waals surface area contributed by atoms with Gasteiger partial charge >= 0.3 is 0 Å². The van der Waals surface area contributed by atoms with Gasteiger partial charge in [0.1, 0.15) is 0 Å². The van der Waals surface area contributed by atoms with Gasteiger partial charge in [-0.05, 0) is 42.9 Å². The quantitative estimate of drug-likeness (QED) is 0.783. The fraction of sp³-hybridized carbons (Fsp3) is 0.533. The summed E-state index contributed by atoms with van der Waals surface area (Å²) in [4.78, 5) is 14.4. The third-order valence-electron chi connectivity index (χ3n) is 3.89. The predicted octanol–water partition coefficient (Wildman–Crippen LogP) is 3.18. The Labute approximate surface area is 130 Å². The minimum absolute atomic E-state index is 0.00582. The Morgan fingerprint density at radius 2 is 2.00 bits per heavy atom. The van der Waals surface area contributed by atoms with Crippen molar-refractivity contribution in [1.82, 2.24) is 4.90 Å². The average Bonchev–Trinajstić information content (AvgIpc) is 2.36. The average molecular weight is 330 g/mol. The van der Waals surface area contributed by atoms with Gasteiger partial charge in [-0.15, -0.1) is 0 Å². The first-order chi connectivity index (χ1) is 9.60. The van der Waals surface area contributed by atoms with E-state index >= 15 is 0 Å². The number of amides is 1. The van der Waals surface area contributed by atoms with E-state index in [9.17, 15) is 13.2 Å². The number of aryl methyl sites for hydroxylation is 1. The molecule has 1 aromatic rings. The summed E-state index contributed by atoms with van der Waals surface area (Å²) in [6, 6.07) is 4.66. The summed E-state index contributed by atoms with van der Waals surface area (Å²) in [5.41, 5.74) is 1.01. The van der Waals surface area contributed by atoms with Gasteiger partial charge in [0.25, 0.3) is 15.0 Å². The van der Waals surface area contributed by atoms with Gasteiger partial charge in [0.15, 0.2) is 0 Å². The molecule has 0 radical (unpaired) electrons. The lowest BCUT2D eigenvalue weighted by molar-refractivity contribution is 0.0583. The van der Waals surface area contributed by atoms with E-state index in [2.05, 4.69) is 13.8 Å². The Morgan fingerprint density at radius 1 is 1.33 bits per heavy atom. The molecule has 0 aliphatic carbocycles. The maximum Gasteiger partial charge on any atom is 0.261 e. The van der Waals surface area contributed by atoms with Crippen molar-refractivity contribution in [2.24, 2.45) is 5.41 Å². The van der Waals surface area contributed by atoms with E-state index in [1.165, 1.54) is 6.07 Å². The lowest BCUT2D eigenvalue weighted by Crippen LogP contribution is -2.43. The number of piperidine rings is 1. The molecule has 1 heterocycles. The minimum Gasteiger partial charge on any atom is -0.338 e. The zero-order chi connectivity index (χ0) is 15.8. The second-order valence-electron chi connectivity index (χ2n) is 6.41. The number of carbonyl (C=O) groups is 1. The van der Waals surface area contributed by atoms with Crippen molar-refractivity contribution >= 4 is 25.6 Å². The van der Waals surface area contributed by atoms with Crippen molar-refractivity contribution in [2.45, 2.75) is 38.5 Å². The highest BCUT2D eigenvalue weighted by Crippen LogP contribution is 2.30. The van der Waals surface area contributed by atoms with Gasteiger partial charge in [-0.2, -0.15) is 0 Å². The summed E-state index contributed by atoms with van der Waals surface area (Å²) in [5, 5.41) is 0. The van der Waals surface area contributed by atoms with E-state index in [0.717, 1.165) is 12.8 Å². The van der Waals surface area contributed by atoms with Crippen molar-refractivity contribution in [1.29, 1.82) is 0 Å². The Bertz CT molecular complexity index is 667. The Kier molecular flexibility index (Phi) is 4.36. The Balaban J connectivity index is 2.32. The molecule has 2 rings (SSSR count). The molecule has 0 spiro atoms. The summed E-state index contributed by atoms with van der Waals surface area (Å²) < 4.78 is 23.1. The topological polar surface area (TPSA) is 54.5 Å². The van der Waals surface area contributed by atoms with Crippen molar-refractivity contribution < 1.29 is 13.2 Å². The van der Waals surface area contributed by atoms with E-state index in [0.29, 0.717) is 24.2 Å². The number of likely N-dealkylation sites (tertiary alicyclic amines) is 1. The van der Waals surface area contributed by atoms with Crippen LogP contribution in [0.4, 0.5) is 0 Å². The fourth-order valence-electron chi connectivity index (χ4n) is 2.77. The van der Waals surface area contributed by atoms with Crippen LogP contribution >= 0.6 is 10.7 Å². The van der Waals surface area contributed by atoms with Crippen LogP contribution < -0.4 is 0 Å². The first-order valence-corrected chi connectivity index (χ1v) is 9.26. The van der Waals surface area contributed by atoms with E-state index in [-0.39, 0.29) is 16.2 Å². The molecular formula is C15H20ClNO3S. The summed E-state index contributed by atoms with van der Waals surface area (Å²) in [7, 11) is 1.58. The molecule has 0 N–H and O–H groups in total. The van der Waals surface area contributed by atoms with Crippen LogP contribution in [0.15, 0.2) is 23.1 Å². The molecule has 0 saturated carbocycles. The molecule has 1 aliphatic rings. The first-order valence-electron chi connectivity index (χ1n) is 6.95. The molecule has 4 nitrogen and oxygen atoms in total. The number of carbonyl (C=O) groups excluding carboxylic acids is 1. The molecule has 0 atom stereocenters. The molecule has 116 valence electrons. The summed E-state index contributed by atoms with van der Waals surface area (Å²) in [6.45, 7) is 7.32. The van der Waals surface area contributed by atoms with Crippen molar-refractivity contribution in [3.05, 3.63) is 29.3 Å². The van der Waals surface area contributed by atoms with Crippen LogP contribution in [0.25, 0.3) is 0 Å². The van der Waals surface area contributed by atoms with Crippen molar-refractivity contribution in [3.63, 3.8) is 0 Å². The highest BCUT2D eigenvalue weighted by Gasteiger charge is 2.30. The van der Waals surface area contributed by atoms with Gasteiger partial charge in [0.2, 0.25) is 0 Å². The second kappa shape index (κ2) is 5.61. The second-order valence-corrected chi connectivity index (χ2v) is 8.95. The molecule has 0 unspecified atom stereocenters. The van der Waals surface area contributed by atoms with E-state index in [1.54, 1.807) is 24.0 Å². The molecule has 0 aromatic heterocycles. The van der Waals surface area contributed by atoms with Crippen LogP contribution in [-0.4, -0.2) is 32.3 Å². The molecule has 1 saturated heterocycles. The standard InChI is InChI=1S/C15H20ClNO3S/c1-11-5-6-12(9-13(11)21(16,19)20)14(18)17-8-4-7-15(2,3)10-17/h5-6,9H,4,7-8,10H2,1-3H3. The monoisotopic (exact) mass is 329 g/mol. The van der Waals surface area contributed by atoms with Gasteiger partial charge < -0.3 is 4.90 Å². The number of rotatable bonds is 2. The predicted molar refractivity (Wildman–Crippen MR) is 83.1 cm³/mol. The lowest BCUT2D eigenvalue weighted by atomic mass is 9.84. The van der Waals surface area contributed by atoms with Crippen LogP contribution in [0.1, 0.15) is 42.6 Å². The third kappa shape index (κ3) is 3.77. The van der Waals surface area contributed by atoms with Gasteiger partial charge in [-0.25, -0.2) is 8.42 Å². The largest absolute Gasteiger partial charge is 0.338 e. The van der Waals surface area contributed by atoms with Crippen LogP contribution in [0.5, 0.6) is 0 Å². The van der Waals surface area contributed by atoms with Crippen LogP contribution in [0.2, 0.25) is 0 Å². The zero-order valence-corrected chi connectivity index (χ0v) is 14.1. The normalized spacial score (nSPS) is 18.6. The molecule has 0 bridgehead atoms. The minimum atomic E-state index is -3.84. The summed E-state index contributed by atoms with van der Waals surface area (Å²) >= 11 is 0. The van der Waals surface area contributed by atoms with Crippen LogP contribution in [-0.2, 0) is 9.05 Å². The molecule has 1 amide bonds. The van der Waals surface area contributed by atoms with E-state index < -0.39 is 9.05 Å². The van der Waals surface area contributed by atoms with Crippen LogP contribution in [0, 0.1) is 12.3 Å². The van der Waals surface area contributed by atoms with Gasteiger partial charge in [-0.1, -0.05) is 19.9 Å². The maximum atomic E-state index is 12.6. The lowest BCUT2D eigenvalue weighted by Gasteiger charge is -2.38. The molecule has 21 heavy (non-hydrogen) atoms. The maximum absolute atomic E-state index is 12.6. The number of hydrogen-bond acceptors (Lipinski definition) is 3. The fourth-order valence-corrected chi connectivity index (χ4v) is 3.99. The number of nitrogens with zero attached hydrogens (tertiary/aromatic N) is 1. The van der Waals surface area contributed by atoms with Crippen molar-refractivity contribution in [2.75, 3.05) is 13.1 Å². The number of hydrogen-bond donors (Lipinski definition) is 0. The molecule has 1 aliphatic heterocycles. The van der Waals surface area contributed by atoms with E-state index in [1.807, 2.05) is 0 Å². The summed E-state index contributed by atoms with van der Waals surface area (Å²) in [6.07, 6.45) is 2.05. The number of halogens is 1. The van der Waals surface area contributed by atoms with Crippen LogP contribution in [0.3, 0.4) is 0 Å². The Morgan fingerprint density at radius 3 is 2.57 bits per heavy atom. The van der Waals surface area contributed by atoms with Gasteiger partial charge in [0, 0.05) is 29.3 Å². The molecule has 6 heteroatoms. The zero-order valence-electron chi connectivity index (χ0n) is 12.5. The van der Waals surface area contributed by atoms with Crippen molar-refractivity contribution in [3.8, 4) is 0 Å². The Hall–Kier alpha value is -1.07. The molecule has 1 fully saturated rings. The van der Waals surface area contributed by atoms with Gasteiger partial charge in [-0.3, -0.25) is 4.79 Å². The first kappa shape index (κ1) is 16.3. The van der Waals surface area contributed by atoms with Gasteiger partial charge in [0.05, 0.1) is 4.90 Å². The highest BCUT2D eigenvalue weighted by atomic mass is 35.7. The molecule has 1 aromatic carbocycles. The highest BCUT2D eigenvalue weighted by molar-refractivity contribution is 8.13. The summed E-state index contributed by atoms with van der Waals surface area (Å²) in [5.74, 6) is -0.135. The number of benzene rings is 1. The SMILES string of the molecule is Cc1ccc(C(=O)N2CCCC(C)(C)C2)cc1S(=O)(=O)Cl. The van der Waals surface area contributed by atoms with E-state index in [4.69, 9.17) is 10.7 Å². The molecular weight excluding hydrogens is 310 g/mol. The third-order valence-corrected chi connectivity index (χ3v) is 5.35. The smallest absolute Gasteiger partial charge is 0.261 e.